The Balaban J connectivity index is 0.000000535. The van der Waals surface area contributed by atoms with Crippen molar-refractivity contribution in [2.75, 3.05) is 26.4 Å². The SMILES string of the molecule is C[C@H](CC(=O)[C@@H](CCc1ccccc1)NC(=O)OC(C)(C)C)C(=O)NCc1cc(Cl)ccc1OCC(=O)CCCCO.C[C@H](CC(=O)[C@H](N)CCc1ccccc1)C(=O)NCc1cc(Cl)ccc1OCC(=O)CCCCO.Cl. The fourth-order valence-corrected chi connectivity index (χ4v) is 8.01. The number of amides is 3. The smallest absolute Gasteiger partial charge is 0.408 e. The molecule has 428 valence electrons. The van der Waals surface area contributed by atoms with E-state index in [4.69, 9.17) is 53.4 Å². The van der Waals surface area contributed by atoms with Crippen LogP contribution in [0.15, 0.2) is 97.1 Å². The highest BCUT2D eigenvalue weighted by Gasteiger charge is 2.28. The average molecular weight is 1140 g/mol. The molecule has 0 fully saturated rings. The number of unbranched alkanes of at least 4 members (excludes halogenated alkanes) is 2. The Morgan fingerprint density at radius 2 is 1.03 bits per heavy atom. The average Bonchev–Trinajstić information content (AvgIpc) is 3.39. The van der Waals surface area contributed by atoms with Crippen molar-refractivity contribution < 1.29 is 58.0 Å². The zero-order valence-electron chi connectivity index (χ0n) is 45.5. The van der Waals surface area contributed by atoms with Gasteiger partial charge in [-0.3, -0.25) is 28.8 Å². The first-order valence-electron chi connectivity index (χ1n) is 26.2. The molecule has 4 aromatic carbocycles. The van der Waals surface area contributed by atoms with Crippen LogP contribution in [0.5, 0.6) is 11.5 Å². The van der Waals surface area contributed by atoms with E-state index in [2.05, 4.69) is 16.0 Å². The van der Waals surface area contributed by atoms with E-state index in [0.717, 1.165) is 11.1 Å². The molecule has 16 nitrogen and oxygen atoms in total. The van der Waals surface area contributed by atoms with Gasteiger partial charge in [0.15, 0.2) is 17.3 Å². The van der Waals surface area contributed by atoms with Crippen LogP contribution in [-0.4, -0.2) is 95.4 Å². The van der Waals surface area contributed by atoms with E-state index >= 15 is 0 Å². The predicted octanol–water partition coefficient (Wildman–Crippen LogP) is 9.23. The number of hydrogen-bond donors (Lipinski definition) is 6. The summed E-state index contributed by atoms with van der Waals surface area (Å²) in [5.74, 6) is -1.55. The molecule has 0 aliphatic carbocycles. The molecule has 0 saturated carbocycles. The highest BCUT2D eigenvalue weighted by Crippen LogP contribution is 2.25. The van der Waals surface area contributed by atoms with E-state index < -0.39 is 35.6 Å². The Morgan fingerprint density at radius 3 is 1.45 bits per heavy atom. The molecule has 19 heteroatoms. The van der Waals surface area contributed by atoms with Crippen LogP contribution in [0.3, 0.4) is 0 Å². The minimum atomic E-state index is -0.821. The van der Waals surface area contributed by atoms with Gasteiger partial charge in [-0.1, -0.05) is 97.7 Å². The fraction of sp³-hybridized carbons (Fsp3) is 0.475. The maximum atomic E-state index is 13.3. The molecular formula is C59H79Cl3N4O12. The van der Waals surface area contributed by atoms with E-state index in [1.54, 1.807) is 71.0 Å². The standard InChI is InChI=1S/C32H43ClN2O7.C27H35ClN2O5.ClH/c1-22(18-28(38)27(35-31(40)42-32(2,3)4)15-13-23-10-6-5-7-11-23)30(39)34-20-24-19-25(33)14-16-29(24)41-21-26(37)12-8-9-17-36;1-19(15-25(33)24(29)12-10-20-7-3-2-4-8-20)27(34)30-17-21-16-22(28)11-13-26(21)35-18-23(32)9-5-6-14-31;/h5-7,10-11,14,16,19,22,27,36H,8-9,12-13,15,17-18,20-21H2,1-4H3,(H,34,39)(H,35,40);2-4,7-8,11,13,16,19,24,31H,5-6,9-10,12,14-15,17-18,29H2,1H3,(H,30,34);1H/t22-,27-;19-,24-;/m11./s1. The van der Waals surface area contributed by atoms with Gasteiger partial charge in [-0.2, -0.15) is 0 Å². The van der Waals surface area contributed by atoms with E-state index in [0.29, 0.717) is 96.9 Å². The summed E-state index contributed by atoms with van der Waals surface area (Å²) in [6.07, 6.45) is 4.39. The summed E-state index contributed by atoms with van der Waals surface area (Å²) in [7, 11) is 0. The summed E-state index contributed by atoms with van der Waals surface area (Å²) in [5, 5.41) is 26.9. The molecule has 0 radical (unpaired) electrons. The van der Waals surface area contributed by atoms with Crippen LogP contribution in [0.4, 0.5) is 4.79 Å². The molecule has 0 heterocycles. The molecule has 0 saturated heterocycles. The maximum absolute atomic E-state index is 13.3. The lowest BCUT2D eigenvalue weighted by Gasteiger charge is -2.24. The van der Waals surface area contributed by atoms with Crippen molar-refractivity contribution in [1.82, 2.24) is 16.0 Å². The molecular weight excluding hydrogens is 1060 g/mol. The van der Waals surface area contributed by atoms with Crippen LogP contribution in [0, 0.1) is 11.8 Å². The number of hydrogen-bond acceptors (Lipinski definition) is 13. The first-order valence-corrected chi connectivity index (χ1v) is 26.9. The quantitative estimate of drug-likeness (QED) is 0.0244. The summed E-state index contributed by atoms with van der Waals surface area (Å²) in [6, 6.07) is 27.9. The Hall–Kier alpha value is -5.88. The number of nitrogens with one attached hydrogen (secondary N) is 3. The number of carbonyl (C=O) groups excluding carboxylic acids is 7. The second-order valence-electron chi connectivity index (χ2n) is 20.0. The molecule has 7 N–H and O–H groups in total. The van der Waals surface area contributed by atoms with Crippen molar-refractivity contribution in [2.24, 2.45) is 17.6 Å². The third kappa shape index (κ3) is 28.1. The van der Waals surface area contributed by atoms with Gasteiger partial charge in [0.1, 0.15) is 36.1 Å². The maximum Gasteiger partial charge on any atom is 0.408 e. The van der Waals surface area contributed by atoms with Crippen molar-refractivity contribution in [2.45, 2.75) is 142 Å². The summed E-state index contributed by atoms with van der Waals surface area (Å²) >= 11 is 12.3. The van der Waals surface area contributed by atoms with Crippen molar-refractivity contribution in [3.05, 3.63) is 129 Å². The van der Waals surface area contributed by atoms with Crippen molar-refractivity contribution in [1.29, 1.82) is 0 Å². The highest BCUT2D eigenvalue weighted by atomic mass is 35.5. The van der Waals surface area contributed by atoms with Gasteiger partial charge in [-0.15, -0.1) is 12.4 Å². The third-order valence-corrected chi connectivity index (χ3v) is 12.5. The number of halogens is 3. The minimum absolute atomic E-state index is 0. The summed E-state index contributed by atoms with van der Waals surface area (Å²) < 4.78 is 16.7. The van der Waals surface area contributed by atoms with Gasteiger partial charge in [-0.05, 0) is 120 Å². The van der Waals surface area contributed by atoms with Crippen LogP contribution in [0.1, 0.15) is 121 Å². The molecule has 0 unspecified atom stereocenters. The van der Waals surface area contributed by atoms with E-state index in [9.17, 15) is 33.6 Å². The summed E-state index contributed by atoms with van der Waals surface area (Å²) in [5.41, 5.74) is 8.70. The molecule has 0 bridgehead atoms. The summed E-state index contributed by atoms with van der Waals surface area (Å²) in [4.78, 5) is 87.8. The van der Waals surface area contributed by atoms with Crippen molar-refractivity contribution >= 4 is 76.6 Å². The number of aliphatic hydroxyl groups excluding tert-OH is 2. The van der Waals surface area contributed by atoms with Gasteiger partial charge in [0.05, 0.1) is 12.1 Å². The lowest BCUT2D eigenvalue weighted by molar-refractivity contribution is -0.129. The van der Waals surface area contributed by atoms with Gasteiger partial charge in [0, 0.05) is 85.0 Å². The van der Waals surface area contributed by atoms with Crippen LogP contribution < -0.4 is 31.2 Å². The largest absolute Gasteiger partial charge is 0.485 e. The lowest BCUT2D eigenvalue weighted by Crippen LogP contribution is -2.44. The molecule has 0 aliphatic rings. The number of aryl methyl sites for hydroxylation is 2. The van der Waals surface area contributed by atoms with Gasteiger partial charge in [-0.25, -0.2) is 4.79 Å². The molecule has 0 aromatic heterocycles. The van der Waals surface area contributed by atoms with Gasteiger partial charge in [0.25, 0.3) is 0 Å². The number of Topliss-reactive ketones (excluding diaryl/α,β-unsaturated/α-hetero) is 4. The Labute approximate surface area is 475 Å². The number of ketones is 4. The molecule has 4 aromatic rings. The van der Waals surface area contributed by atoms with Gasteiger partial charge >= 0.3 is 6.09 Å². The first kappa shape index (κ1) is 68.2. The van der Waals surface area contributed by atoms with Crippen molar-refractivity contribution in [3.8, 4) is 11.5 Å². The Bertz CT molecular complexity index is 2490. The van der Waals surface area contributed by atoms with E-state index in [1.807, 2.05) is 60.7 Å². The molecule has 0 spiro atoms. The van der Waals surface area contributed by atoms with Crippen LogP contribution >= 0.6 is 35.6 Å². The molecule has 78 heavy (non-hydrogen) atoms. The first-order chi connectivity index (χ1) is 36.7. The van der Waals surface area contributed by atoms with Crippen LogP contribution in [-0.2, 0) is 59.4 Å². The Kier molecular flexibility index (Phi) is 32.4. The monoisotopic (exact) mass is 1140 g/mol. The fourth-order valence-electron chi connectivity index (χ4n) is 7.63. The normalized spacial score (nSPS) is 12.4. The zero-order chi connectivity index (χ0) is 56.8. The van der Waals surface area contributed by atoms with Crippen LogP contribution in [0.2, 0.25) is 10.0 Å². The van der Waals surface area contributed by atoms with Crippen LogP contribution in [0.25, 0.3) is 0 Å². The topological polar surface area (TPSA) is 250 Å². The van der Waals surface area contributed by atoms with Crippen molar-refractivity contribution in [3.63, 3.8) is 0 Å². The number of nitrogens with two attached hydrogens (primary N) is 1. The van der Waals surface area contributed by atoms with E-state index in [1.165, 1.54) is 0 Å². The highest BCUT2D eigenvalue weighted by molar-refractivity contribution is 6.31. The molecule has 3 amide bonds. The number of benzene rings is 4. The minimum Gasteiger partial charge on any atom is -0.485 e. The summed E-state index contributed by atoms with van der Waals surface area (Å²) in [6.45, 7) is 8.66. The van der Waals surface area contributed by atoms with E-state index in [-0.39, 0.29) is 99.7 Å². The number of rotatable bonds is 33. The van der Waals surface area contributed by atoms with Gasteiger partial charge in [0.2, 0.25) is 11.8 Å². The molecule has 4 rings (SSSR count). The second-order valence-corrected chi connectivity index (χ2v) is 20.8. The number of alkyl carbamates (subject to hydrolysis) is 1. The second kappa shape index (κ2) is 37.1. The predicted molar refractivity (Wildman–Crippen MR) is 305 cm³/mol. The lowest BCUT2D eigenvalue weighted by atomic mass is 9.95. The molecule has 4 atom stereocenters. The van der Waals surface area contributed by atoms with Gasteiger partial charge < -0.3 is 46.1 Å². The third-order valence-electron chi connectivity index (χ3n) is 12.0. The number of ether oxygens (including phenoxy) is 3. The Morgan fingerprint density at radius 1 is 0.603 bits per heavy atom. The number of carbonyl (C=O) groups is 7. The number of aliphatic hydroxyl groups is 2. The zero-order valence-corrected chi connectivity index (χ0v) is 47.8. The molecule has 0 aliphatic heterocycles.